The molecule has 140 valence electrons. The third-order valence-electron chi connectivity index (χ3n) is 6.14. The van der Waals surface area contributed by atoms with Crippen LogP contribution in [0.4, 0.5) is 0 Å². The van der Waals surface area contributed by atoms with Gasteiger partial charge in [0, 0.05) is 29.6 Å². The van der Waals surface area contributed by atoms with Crippen LogP contribution in [0.5, 0.6) is 0 Å². The Morgan fingerprint density at radius 3 is 1.33 bits per heavy atom. The minimum atomic E-state index is 1.34. The number of hydrogen-bond acceptors (Lipinski definition) is 4. The van der Waals surface area contributed by atoms with Crippen molar-refractivity contribution < 1.29 is 0 Å². The summed E-state index contributed by atoms with van der Waals surface area (Å²) >= 11 is 7.55. The molecule has 0 bridgehead atoms. The van der Waals surface area contributed by atoms with Gasteiger partial charge in [0.2, 0.25) is 0 Å². The first-order valence-electron chi connectivity index (χ1n) is 9.81. The first-order chi connectivity index (χ1) is 14.8. The van der Waals surface area contributed by atoms with Crippen molar-refractivity contribution in [1.29, 1.82) is 0 Å². The van der Waals surface area contributed by atoms with Gasteiger partial charge in [0.1, 0.15) is 0 Å². The molecule has 8 rings (SSSR count). The third kappa shape index (κ3) is 2.09. The Morgan fingerprint density at radius 1 is 0.400 bits per heavy atom. The Morgan fingerprint density at radius 2 is 0.833 bits per heavy atom. The van der Waals surface area contributed by atoms with Crippen LogP contribution in [0.3, 0.4) is 0 Å². The highest BCUT2D eigenvalue weighted by Crippen LogP contribution is 2.47. The Kier molecular flexibility index (Phi) is 3.03. The van der Waals surface area contributed by atoms with E-state index in [4.69, 9.17) is 0 Å². The highest BCUT2D eigenvalue weighted by Gasteiger charge is 2.14. The summed E-state index contributed by atoms with van der Waals surface area (Å²) in [6.45, 7) is 0. The monoisotopic (exact) mass is 452 g/mol. The highest BCUT2D eigenvalue weighted by atomic mass is 32.1. The molecule has 0 saturated carbocycles. The summed E-state index contributed by atoms with van der Waals surface area (Å²) in [4.78, 5) is 0. The van der Waals surface area contributed by atoms with E-state index < -0.39 is 0 Å². The zero-order valence-electron chi connectivity index (χ0n) is 15.6. The fourth-order valence-corrected chi connectivity index (χ4v) is 9.00. The average Bonchev–Trinajstić information content (AvgIpc) is 3.51. The molecule has 0 unspecified atom stereocenters. The van der Waals surface area contributed by atoms with Crippen molar-refractivity contribution in [1.82, 2.24) is 0 Å². The van der Waals surface area contributed by atoms with E-state index in [-0.39, 0.29) is 0 Å². The Hall–Kier alpha value is -2.50. The molecule has 4 aromatic carbocycles. The second-order valence-corrected chi connectivity index (χ2v) is 11.9. The lowest BCUT2D eigenvalue weighted by atomic mass is 10.1. The first kappa shape index (κ1) is 16.2. The lowest BCUT2D eigenvalue weighted by Gasteiger charge is -2.00. The standard InChI is InChI=1S/C26H12S4/c1-3-27-21-9-17-11-23-19(7-15(17)5-13(1)21)25-26(29-23)20-8-16-6-14-2-4-28-22(14)10-18(16)12-24(20)30-25/h1-12H. The molecule has 0 aliphatic heterocycles. The van der Waals surface area contributed by atoms with Gasteiger partial charge in [0.05, 0.1) is 9.40 Å². The van der Waals surface area contributed by atoms with Crippen molar-refractivity contribution in [3.63, 3.8) is 0 Å². The second-order valence-electron chi connectivity index (χ2n) is 7.87. The van der Waals surface area contributed by atoms with Gasteiger partial charge < -0.3 is 0 Å². The molecule has 0 radical (unpaired) electrons. The van der Waals surface area contributed by atoms with Gasteiger partial charge in [-0.1, -0.05) is 0 Å². The topological polar surface area (TPSA) is 0 Å². The van der Waals surface area contributed by atoms with E-state index in [2.05, 4.69) is 71.4 Å². The molecule has 0 amide bonds. The predicted octanol–water partition coefficient (Wildman–Crippen LogP) is 10.0. The normalized spacial score (nSPS) is 12.7. The molecule has 8 aromatic rings. The van der Waals surface area contributed by atoms with Crippen LogP contribution < -0.4 is 0 Å². The molecule has 0 atom stereocenters. The maximum absolute atomic E-state index is 2.41. The Labute approximate surface area is 187 Å². The quantitative estimate of drug-likeness (QED) is 0.215. The molecular weight excluding hydrogens is 441 g/mol. The molecule has 0 saturated heterocycles. The number of hydrogen-bond donors (Lipinski definition) is 0. The van der Waals surface area contributed by atoms with Crippen molar-refractivity contribution in [2.45, 2.75) is 0 Å². The van der Waals surface area contributed by atoms with Crippen LogP contribution in [0.15, 0.2) is 71.4 Å². The molecule has 0 nitrogen and oxygen atoms in total. The van der Waals surface area contributed by atoms with E-state index in [0.29, 0.717) is 0 Å². The Balaban J connectivity index is 1.49. The third-order valence-corrected chi connectivity index (χ3v) is 10.4. The summed E-state index contributed by atoms with van der Waals surface area (Å²) in [5.41, 5.74) is 0. The number of benzene rings is 4. The van der Waals surface area contributed by atoms with Crippen LogP contribution in [0.2, 0.25) is 0 Å². The van der Waals surface area contributed by atoms with Gasteiger partial charge in [-0.2, -0.15) is 0 Å². The van der Waals surface area contributed by atoms with E-state index in [9.17, 15) is 0 Å². The van der Waals surface area contributed by atoms with E-state index >= 15 is 0 Å². The first-order valence-corrected chi connectivity index (χ1v) is 13.2. The minimum Gasteiger partial charge on any atom is -0.144 e. The van der Waals surface area contributed by atoms with Crippen molar-refractivity contribution in [3.05, 3.63) is 71.4 Å². The molecule has 0 aliphatic carbocycles. The molecule has 30 heavy (non-hydrogen) atoms. The average molecular weight is 453 g/mol. The van der Waals surface area contributed by atoms with Crippen LogP contribution in [0.1, 0.15) is 0 Å². The molecule has 0 fully saturated rings. The zero-order valence-corrected chi connectivity index (χ0v) is 18.8. The number of fused-ring (bicyclic) bond motifs is 9. The van der Waals surface area contributed by atoms with Crippen molar-refractivity contribution >= 4 is 117 Å². The summed E-state index contributed by atoms with van der Waals surface area (Å²) in [5.74, 6) is 0. The molecule has 4 heteroatoms. The van der Waals surface area contributed by atoms with Crippen molar-refractivity contribution in [3.8, 4) is 0 Å². The second kappa shape index (κ2) is 5.59. The highest BCUT2D eigenvalue weighted by molar-refractivity contribution is 7.36. The van der Waals surface area contributed by atoms with Gasteiger partial charge in [-0.3, -0.25) is 0 Å². The van der Waals surface area contributed by atoms with Gasteiger partial charge in [-0.25, -0.2) is 0 Å². The van der Waals surface area contributed by atoms with Crippen LogP contribution >= 0.6 is 45.3 Å². The van der Waals surface area contributed by atoms with Gasteiger partial charge in [-0.05, 0) is 104 Å². The summed E-state index contributed by atoms with van der Waals surface area (Å²) in [5, 5.41) is 15.3. The van der Waals surface area contributed by atoms with Gasteiger partial charge >= 0.3 is 0 Å². The molecule has 0 N–H and O–H groups in total. The Bertz CT molecular complexity index is 1810. The largest absolute Gasteiger partial charge is 0.144 e. The molecule has 4 aromatic heterocycles. The smallest absolute Gasteiger partial charge is 0.0542 e. The summed E-state index contributed by atoms with van der Waals surface area (Å²) < 4.78 is 8.42. The van der Waals surface area contributed by atoms with Gasteiger partial charge in [0.25, 0.3) is 0 Å². The summed E-state index contributed by atoms with van der Waals surface area (Å²) in [6, 6.07) is 23.4. The molecular formula is C26H12S4. The number of thiophene rings is 4. The summed E-state index contributed by atoms with van der Waals surface area (Å²) in [6.07, 6.45) is 0. The van der Waals surface area contributed by atoms with Crippen molar-refractivity contribution in [2.75, 3.05) is 0 Å². The maximum atomic E-state index is 2.41. The molecule has 0 spiro atoms. The van der Waals surface area contributed by atoms with Gasteiger partial charge in [-0.15, -0.1) is 45.3 Å². The number of rotatable bonds is 0. The summed E-state index contributed by atoms with van der Waals surface area (Å²) in [7, 11) is 0. The SMILES string of the molecule is c1cc2cc3cc4c(cc3cc2s1)sc1c2cc3cc5ccsc5cc3cc2sc41. The lowest BCUT2D eigenvalue weighted by molar-refractivity contribution is 1.96. The van der Waals surface area contributed by atoms with E-state index in [1.807, 2.05) is 45.3 Å². The maximum Gasteiger partial charge on any atom is 0.0542 e. The lowest BCUT2D eigenvalue weighted by Crippen LogP contribution is -1.73. The van der Waals surface area contributed by atoms with Crippen molar-refractivity contribution in [2.24, 2.45) is 0 Å². The minimum absolute atomic E-state index is 1.34. The predicted molar refractivity (Wildman–Crippen MR) is 140 cm³/mol. The van der Waals surface area contributed by atoms with Crippen LogP contribution in [-0.4, -0.2) is 0 Å². The van der Waals surface area contributed by atoms with E-state index in [1.165, 1.54) is 71.3 Å². The van der Waals surface area contributed by atoms with Crippen LogP contribution in [-0.2, 0) is 0 Å². The molecule has 4 heterocycles. The molecule has 0 aliphatic rings. The fourth-order valence-electron chi connectivity index (χ4n) is 4.67. The van der Waals surface area contributed by atoms with E-state index in [1.54, 1.807) is 0 Å². The van der Waals surface area contributed by atoms with E-state index in [0.717, 1.165) is 0 Å². The van der Waals surface area contributed by atoms with Crippen LogP contribution in [0, 0.1) is 0 Å². The zero-order chi connectivity index (χ0) is 19.4. The van der Waals surface area contributed by atoms with Crippen LogP contribution in [0.25, 0.3) is 71.3 Å². The van der Waals surface area contributed by atoms with Gasteiger partial charge in [0.15, 0.2) is 0 Å². The fraction of sp³-hybridized carbons (Fsp3) is 0.